The van der Waals surface area contributed by atoms with Gasteiger partial charge in [0.25, 0.3) is 11.8 Å². The van der Waals surface area contributed by atoms with E-state index in [1.165, 1.54) is 41.2 Å². The van der Waals surface area contributed by atoms with Crippen LogP contribution in [0.25, 0.3) is 10.1 Å². The molecule has 2 heterocycles. The number of aromatic nitrogens is 3. The standard InChI is InChI=1S/C28H27ClFN5O3S/c1-15(36)14-35-24(16(2)20-13-17(30)11-12-21(20)29)25(32-26(35)28(38)31-18-7-3-4-8-18)33-27(37)23-19-9-5-6-10-22(19)39-34-23/h5-6,9-13,16,18H,3-4,7-8,14H2,1-2H3,(H,31,38)(H,33,37)/t16-/m1/s1. The lowest BCUT2D eigenvalue weighted by Crippen LogP contribution is -2.35. The Bertz CT molecular complexity index is 1580. The zero-order valence-electron chi connectivity index (χ0n) is 21.5. The average molecular weight is 568 g/mol. The number of carbonyl (C=O) groups is 3. The van der Waals surface area contributed by atoms with Crippen molar-refractivity contribution in [3.63, 3.8) is 0 Å². The lowest BCUT2D eigenvalue weighted by atomic mass is 9.96. The summed E-state index contributed by atoms with van der Waals surface area (Å²) in [6.07, 6.45) is 3.77. The van der Waals surface area contributed by atoms with Crippen LogP contribution in [0.3, 0.4) is 0 Å². The number of hydrogen-bond acceptors (Lipinski definition) is 6. The molecule has 39 heavy (non-hydrogen) atoms. The number of halogens is 2. The molecule has 2 N–H and O–H groups in total. The monoisotopic (exact) mass is 567 g/mol. The summed E-state index contributed by atoms with van der Waals surface area (Å²) in [6, 6.07) is 11.4. The summed E-state index contributed by atoms with van der Waals surface area (Å²) >= 11 is 7.65. The second-order valence-electron chi connectivity index (χ2n) is 9.78. The molecule has 1 atom stereocenters. The minimum Gasteiger partial charge on any atom is -0.347 e. The summed E-state index contributed by atoms with van der Waals surface area (Å²) in [5, 5.41) is 6.82. The van der Waals surface area contributed by atoms with Crippen molar-refractivity contribution in [1.29, 1.82) is 0 Å². The highest BCUT2D eigenvalue weighted by Crippen LogP contribution is 2.36. The van der Waals surface area contributed by atoms with Crippen molar-refractivity contribution in [3.8, 4) is 0 Å². The number of amides is 2. The molecule has 0 unspecified atom stereocenters. The van der Waals surface area contributed by atoms with Crippen LogP contribution >= 0.6 is 23.1 Å². The van der Waals surface area contributed by atoms with Gasteiger partial charge in [-0.05, 0) is 61.1 Å². The van der Waals surface area contributed by atoms with Crippen LogP contribution in [0.15, 0.2) is 42.5 Å². The SMILES string of the molecule is CC(=O)Cn1c(C(=O)NC2CCCC2)nc(NC(=O)c2nsc3ccccc23)c1[C@H](C)c1cc(F)ccc1Cl. The third kappa shape index (κ3) is 5.58. The average Bonchev–Trinajstić information content (AvgIpc) is 3.64. The fraction of sp³-hybridized carbons (Fsp3) is 0.321. The van der Waals surface area contributed by atoms with E-state index in [0.717, 1.165) is 30.4 Å². The van der Waals surface area contributed by atoms with Gasteiger partial charge in [-0.2, -0.15) is 4.37 Å². The number of carbonyl (C=O) groups excluding carboxylic acids is 3. The first-order chi connectivity index (χ1) is 18.7. The number of nitrogens with one attached hydrogen (secondary N) is 2. The van der Waals surface area contributed by atoms with E-state index in [1.807, 2.05) is 18.2 Å². The van der Waals surface area contributed by atoms with E-state index < -0.39 is 23.5 Å². The lowest BCUT2D eigenvalue weighted by molar-refractivity contribution is -0.117. The van der Waals surface area contributed by atoms with E-state index in [2.05, 4.69) is 20.0 Å². The maximum Gasteiger partial charge on any atom is 0.287 e. The number of ketones is 1. The molecule has 202 valence electrons. The van der Waals surface area contributed by atoms with Crippen LogP contribution in [0.1, 0.15) is 77.8 Å². The molecular weight excluding hydrogens is 541 g/mol. The number of Topliss-reactive ketones (excluding diaryl/α,β-unsaturated/α-hetero) is 1. The molecule has 11 heteroatoms. The van der Waals surface area contributed by atoms with Gasteiger partial charge in [0.05, 0.1) is 16.9 Å². The summed E-state index contributed by atoms with van der Waals surface area (Å²) in [4.78, 5) is 43.8. The normalized spacial score (nSPS) is 14.5. The Balaban J connectivity index is 1.62. The first-order valence-electron chi connectivity index (χ1n) is 12.7. The van der Waals surface area contributed by atoms with E-state index in [0.29, 0.717) is 21.7 Å². The Morgan fingerprint density at radius 3 is 2.64 bits per heavy atom. The highest BCUT2D eigenvalue weighted by Gasteiger charge is 2.31. The molecule has 0 aliphatic heterocycles. The summed E-state index contributed by atoms with van der Waals surface area (Å²) in [5.74, 6) is -2.21. The number of rotatable bonds is 8. The molecule has 0 bridgehead atoms. The Kier molecular flexibility index (Phi) is 7.76. The van der Waals surface area contributed by atoms with E-state index in [1.54, 1.807) is 13.0 Å². The zero-order valence-corrected chi connectivity index (χ0v) is 23.0. The molecule has 1 saturated carbocycles. The van der Waals surface area contributed by atoms with Crippen LogP contribution in [0.4, 0.5) is 10.2 Å². The maximum absolute atomic E-state index is 14.3. The number of fused-ring (bicyclic) bond motifs is 1. The number of nitrogens with zero attached hydrogens (tertiary/aromatic N) is 3. The van der Waals surface area contributed by atoms with Crippen molar-refractivity contribution in [2.45, 2.75) is 58.0 Å². The molecule has 2 aromatic heterocycles. The van der Waals surface area contributed by atoms with Crippen LogP contribution in [0, 0.1) is 5.82 Å². The van der Waals surface area contributed by atoms with Gasteiger partial charge < -0.3 is 15.2 Å². The Morgan fingerprint density at radius 1 is 1.15 bits per heavy atom. The molecule has 2 amide bonds. The number of hydrogen-bond donors (Lipinski definition) is 2. The van der Waals surface area contributed by atoms with Gasteiger partial charge in [-0.3, -0.25) is 14.4 Å². The molecule has 8 nitrogen and oxygen atoms in total. The van der Waals surface area contributed by atoms with E-state index in [4.69, 9.17) is 11.6 Å². The fourth-order valence-electron chi connectivity index (χ4n) is 5.08. The predicted molar refractivity (Wildman–Crippen MR) is 149 cm³/mol. The molecule has 1 fully saturated rings. The Hall–Kier alpha value is -3.63. The highest BCUT2D eigenvalue weighted by molar-refractivity contribution is 7.13. The number of benzene rings is 2. The van der Waals surface area contributed by atoms with Crippen LogP contribution in [0.2, 0.25) is 5.02 Å². The van der Waals surface area contributed by atoms with Gasteiger partial charge in [0.2, 0.25) is 5.82 Å². The lowest BCUT2D eigenvalue weighted by Gasteiger charge is -2.19. The van der Waals surface area contributed by atoms with Crippen molar-refractivity contribution in [3.05, 3.63) is 76.1 Å². The smallest absolute Gasteiger partial charge is 0.287 e. The zero-order chi connectivity index (χ0) is 27.7. The first-order valence-corrected chi connectivity index (χ1v) is 13.9. The van der Waals surface area contributed by atoms with Gasteiger partial charge in [-0.25, -0.2) is 9.37 Å². The molecule has 0 radical (unpaired) electrons. The van der Waals surface area contributed by atoms with E-state index in [9.17, 15) is 18.8 Å². The second-order valence-corrected chi connectivity index (χ2v) is 11.0. The van der Waals surface area contributed by atoms with Crippen molar-refractivity contribution >= 4 is 56.6 Å². The van der Waals surface area contributed by atoms with Crippen LogP contribution < -0.4 is 10.6 Å². The fourth-order valence-corrected chi connectivity index (χ4v) is 6.14. The number of anilines is 1. The third-order valence-electron chi connectivity index (χ3n) is 6.94. The van der Waals surface area contributed by atoms with Gasteiger partial charge in [-0.15, -0.1) is 0 Å². The summed E-state index contributed by atoms with van der Waals surface area (Å²) < 4.78 is 20.9. The summed E-state index contributed by atoms with van der Waals surface area (Å²) in [6.45, 7) is 3.01. The predicted octanol–water partition coefficient (Wildman–Crippen LogP) is 5.95. The molecule has 4 aromatic rings. The quantitative estimate of drug-likeness (QED) is 0.274. The van der Waals surface area contributed by atoms with Gasteiger partial charge in [-0.1, -0.05) is 49.6 Å². The molecule has 0 spiro atoms. The highest BCUT2D eigenvalue weighted by atomic mass is 35.5. The summed E-state index contributed by atoms with van der Waals surface area (Å²) in [5.41, 5.74) is 1.01. The Morgan fingerprint density at radius 2 is 1.90 bits per heavy atom. The molecule has 0 saturated heterocycles. The van der Waals surface area contributed by atoms with Crippen LogP contribution in [-0.4, -0.2) is 37.6 Å². The Labute approximate surface area is 233 Å². The maximum atomic E-state index is 14.3. The van der Waals surface area contributed by atoms with Gasteiger partial charge in [0.15, 0.2) is 5.82 Å². The number of imidazole rings is 1. The third-order valence-corrected chi connectivity index (χ3v) is 8.11. The van der Waals surface area contributed by atoms with Crippen molar-refractivity contribution in [2.24, 2.45) is 0 Å². The van der Waals surface area contributed by atoms with Crippen molar-refractivity contribution < 1.29 is 18.8 Å². The van der Waals surface area contributed by atoms with Gasteiger partial charge in [0.1, 0.15) is 17.3 Å². The largest absolute Gasteiger partial charge is 0.347 e. The van der Waals surface area contributed by atoms with Crippen molar-refractivity contribution in [2.75, 3.05) is 5.32 Å². The first kappa shape index (κ1) is 27.0. The van der Waals surface area contributed by atoms with Crippen LogP contribution in [-0.2, 0) is 11.3 Å². The van der Waals surface area contributed by atoms with Gasteiger partial charge >= 0.3 is 0 Å². The molecular formula is C28H27ClFN5O3S. The molecule has 1 aliphatic carbocycles. The minimum absolute atomic E-state index is 0.00934. The topological polar surface area (TPSA) is 106 Å². The minimum atomic E-state index is -0.629. The van der Waals surface area contributed by atoms with Gasteiger partial charge in [0, 0.05) is 22.4 Å². The molecule has 5 rings (SSSR count). The van der Waals surface area contributed by atoms with Crippen molar-refractivity contribution in [1.82, 2.24) is 19.2 Å². The van der Waals surface area contributed by atoms with E-state index in [-0.39, 0.29) is 35.7 Å². The molecule has 1 aliphatic rings. The summed E-state index contributed by atoms with van der Waals surface area (Å²) in [7, 11) is 0. The second kappa shape index (κ2) is 11.2. The van der Waals surface area contributed by atoms with E-state index >= 15 is 0 Å². The molecule has 2 aromatic carbocycles. The van der Waals surface area contributed by atoms with Crippen LogP contribution in [0.5, 0.6) is 0 Å².